The Morgan fingerprint density at radius 2 is 1.88 bits per heavy atom. The van der Waals surface area contributed by atoms with Gasteiger partial charge in [-0.15, -0.1) is 0 Å². The van der Waals surface area contributed by atoms with Crippen LogP contribution in [0.3, 0.4) is 0 Å². The molecule has 0 heterocycles. The smallest absolute Gasteiger partial charge is 0.0638 e. The lowest BCUT2D eigenvalue weighted by molar-refractivity contribution is 0.117. The molecule has 2 atom stereocenters. The molecule has 0 radical (unpaired) electrons. The summed E-state index contributed by atoms with van der Waals surface area (Å²) in [5, 5.41) is 12.7. The van der Waals surface area contributed by atoms with Gasteiger partial charge in [0.15, 0.2) is 0 Å². The first-order valence-corrected chi connectivity index (χ1v) is 6.09. The highest BCUT2D eigenvalue weighted by Crippen LogP contribution is 2.21. The molecular formula is C14H23NO2. The molecule has 0 fully saturated rings. The summed E-state index contributed by atoms with van der Waals surface area (Å²) in [6, 6.07) is 10.5. The zero-order valence-corrected chi connectivity index (χ0v) is 10.9. The third-order valence-electron chi connectivity index (χ3n) is 2.83. The van der Waals surface area contributed by atoms with Crippen LogP contribution in [0.4, 0.5) is 0 Å². The molecule has 96 valence electrons. The number of aliphatic hydroxyl groups excluding tert-OH is 1. The van der Waals surface area contributed by atoms with Crippen molar-refractivity contribution < 1.29 is 9.84 Å². The molecule has 1 rings (SSSR count). The van der Waals surface area contributed by atoms with Crippen LogP contribution in [0.1, 0.15) is 25.5 Å². The third-order valence-corrected chi connectivity index (χ3v) is 2.83. The number of hydrogen-bond acceptors (Lipinski definition) is 3. The van der Waals surface area contributed by atoms with Gasteiger partial charge >= 0.3 is 0 Å². The summed E-state index contributed by atoms with van der Waals surface area (Å²) in [5.74, 6) is 0.461. The third kappa shape index (κ3) is 4.46. The van der Waals surface area contributed by atoms with Crippen LogP contribution in [0, 0.1) is 5.92 Å². The number of aliphatic hydroxyl groups is 1. The zero-order chi connectivity index (χ0) is 12.7. The molecule has 0 aliphatic rings. The van der Waals surface area contributed by atoms with E-state index in [1.807, 2.05) is 18.2 Å². The second-order valence-corrected chi connectivity index (χ2v) is 4.63. The summed E-state index contributed by atoms with van der Waals surface area (Å²) < 4.78 is 5.09. The summed E-state index contributed by atoms with van der Waals surface area (Å²) in [5.41, 5.74) is 1.25. The molecule has 0 saturated carbocycles. The Balaban J connectivity index is 2.73. The first kappa shape index (κ1) is 14.2. The van der Waals surface area contributed by atoms with Crippen LogP contribution in [0.5, 0.6) is 0 Å². The van der Waals surface area contributed by atoms with Gasteiger partial charge in [0, 0.05) is 13.2 Å². The van der Waals surface area contributed by atoms with E-state index in [0.29, 0.717) is 12.5 Å². The summed E-state index contributed by atoms with van der Waals surface area (Å²) in [6.45, 7) is 4.95. The van der Waals surface area contributed by atoms with Gasteiger partial charge in [-0.3, -0.25) is 0 Å². The SMILES string of the molecule is COCC(CO)NC(c1ccccc1)C(C)C. The van der Waals surface area contributed by atoms with Gasteiger partial charge in [-0.05, 0) is 11.5 Å². The molecule has 3 heteroatoms. The number of benzene rings is 1. The van der Waals surface area contributed by atoms with Gasteiger partial charge < -0.3 is 15.2 Å². The fourth-order valence-corrected chi connectivity index (χ4v) is 1.94. The second-order valence-electron chi connectivity index (χ2n) is 4.63. The average molecular weight is 237 g/mol. The van der Waals surface area contributed by atoms with Crippen molar-refractivity contribution in [2.75, 3.05) is 20.3 Å². The predicted molar refractivity (Wildman–Crippen MR) is 69.9 cm³/mol. The van der Waals surface area contributed by atoms with Crippen LogP contribution in [0.25, 0.3) is 0 Å². The first-order valence-electron chi connectivity index (χ1n) is 6.09. The second kappa shape index (κ2) is 7.43. The fourth-order valence-electron chi connectivity index (χ4n) is 1.94. The normalized spacial score (nSPS) is 14.9. The van der Waals surface area contributed by atoms with E-state index < -0.39 is 0 Å². The molecule has 2 unspecified atom stereocenters. The minimum Gasteiger partial charge on any atom is -0.395 e. The Morgan fingerprint density at radius 3 is 2.35 bits per heavy atom. The minimum absolute atomic E-state index is 0.0207. The molecule has 0 aliphatic heterocycles. The largest absolute Gasteiger partial charge is 0.395 e. The van der Waals surface area contributed by atoms with Crippen molar-refractivity contribution in [1.82, 2.24) is 5.32 Å². The highest BCUT2D eigenvalue weighted by Gasteiger charge is 2.19. The van der Waals surface area contributed by atoms with Crippen molar-refractivity contribution in [3.63, 3.8) is 0 Å². The van der Waals surface area contributed by atoms with Crippen molar-refractivity contribution in [2.45, 2.75) is 25.9 Å². The van der Waals surface area contributed by atoms with Crippen molar-refractivity contribution >= 4 is 0 Å². The van der Waals surface area contributed by atoms with Crippen molar-refractivity contribution in [3.05, 3.63) is 35.9 Å². The Labute approximate surface area is 104 Å². The van der Waals surface area contributed by atoms with E-state index in [9.17, 15) is 5.11 Å². The quantitative estimate of drug-likeness (QED) is 0.762. The maximum absolute atomic E-state index is 9.29. The van der Waals surface area contributed by atoms with E-state index in [2.05, 4.69) is 31.3 Å². The van der Waals surface area contributed by atoms with E-state index >= 15 is 0 Å². The van der Waals surface area contributed by atoms with Crippen molar-refractivity contribution in [3.8, 4) is 0 Å². The van der Waals surface area contributed by atoms with Crippen molar-refractivity contribution in [2.24, 2.45) is 5.92 Å². The maximum Gasteiger partial charge on any atom is 0.0638 e. The van der Waals surface area contributed by atoms with Crippen LogP contribution in [0.15, 0.2) is 30.3 Å². The highest BCUT2D eigenvalue weighted by atomic mass is 16.5. The average Bonchev–Trinajstić information content (AvgIpc) is 2.35. The number of ether oxygens (including phenoxy) is 1. The van der Waals surface area contributed by atoms with Gasteiger partial charge in [0.1, 0.15) is 0 Å². The number of methoxy groups -OCH3 is 1. The van der Waals surface area contributed by atoms with Crippen molar-refractivity contribution in [1.29, 1.82) is 0 Å². The van der Waals surface area contributed by atoms with Crippen LogP contribution in [-0.4, -0.2) is 31.5 Å². The standard InChI is InChI=1S/C14H23NO2/c1-11(2)14(12-7-5-4-6-8-12)15-13(9-16)10-17-3/h4-8,11,13-16H,9-10H2,1-3H3. The molecule has 3 nitrogen and oxygen atoms in total. The van der Waals surface area contributed by atoms with E-state index in [0.717, 1.165) is 0 Å². The molecule has 0 saturated heterocycles. The van der Waals surface area contributed by atoms with Crippen LogP contribution in [-0.2, 0) is 4.74 Å². The minimum atomic E-state index is -0.0207. The van der Waals surface area contributed by atoms with E-state index in [4.69, 9.17) is 4.74 Å². The summed E-state index contributed by atoms with van der Waals surface area (Å²) in [6.07, 6.45) is 0. The van der Waals surface area contributed by atoms with Gasteiger partial charge in [0.05, 0.1) is 19.3 Å². The molecule has 1 aromatic rings. The van der Waals surface area contributed by atoms with Gasteiger partial charge in [-0.2, -0.15) is 0 Å². The van der Waals surface area contributed by atoms with Gasteiger partial charge in [0.25, 0.3) is 0 Å². The van der Waals surface area contributed by atoms with Gasteiger partial charge in [0.2, 0.25) is 0 Å². The topological polar surface area (TPSA) is 41.5 Å². The first-order chi connectivity index (χ1) is 8.19. The monoisotopic (exact) mass is 237 g/mol. The zero-order valence-electron chi connectivity index (χ0n) is 10.9. The summed E-state index contributed by atoms with van der Waals surface area (Å²) in [7, 11) is 1.65. The Kier molecular flexibility index (Phi) is 6.19. The lowest BCUT2D eigenvalue weighted by atomic mass is 9.95. The summed E-state index contributed by atoms with van der Waals surface area (Å²) in [4.78, 5) is 0. The van der Waals surface area contributed by atoms with Gasteiger partial charge in [-0.25, -0.2) is 0 Å². The molecule has 1 aromatic carbocycles. The Bertz CT molecular complexity index is 300. The lowest BCUT2D eigenvalue weighted by Gasteiger charge is -2.27. The van der Waals surface area contributed by atoms with Crippen LogP contribution < -0.4 is 5.32 Å². The number of nitrogens with one attached hydrogen (secondary N) is 1. The Hall–Kier alpha value is -0.900. The molecule has 2 N–H and O–H groups in total. The fraction of sp³-hybridized carbons (Fsp3) is 0.571. The highest BCUT2D eigenvalue weighted by molar-refractivity contribution is 5.19. The van der Waals surface area contributed by atoms with Crippen LogP contribution >= 0.6 is 0 Å². The van der Waals surface area contributed by atoms with E-state index in [1.165, 1.54) is 5.56 Å². The van der Waals surface area contributed by atoms with E-state index in [-0.39, 0.29) is 18.7 Å². The number of hydrogen-bond donors (Lipinski definition) is 2. The molecule has 0 aliphatic carbocycles. The molecule has 17 heavy (non-hydrogen) atoms. The van der Waals surface area contributed by atoms with Crippen LogP contribution in [0.2, 0.25) is 0 Å². The number of rotatable bonds is 7. The predicted octanol–water partition coefficient (Wildman–Crippen LogP) is 1.98. The maximum atomic E-state index is 9.29. The molecule has 0 aromatic heterocycles. The summed E-state index contributed by atoms with van der Waals surface area (Å²) >= 11 is 0. The molecule has 0 spiro atoms. The lowest BCUT2D eigenvalue weighted by Crippen LogP contribution is -2.40. The molecule has 0 bridgehead atoms. The molecule has 0 amide bonds. The Morgan fingerprint density at radius 1 is 1.24 bits per heavy atom. The van der Waals surface area contributed by atoms with Gasteiger partial charge in [-0.1, -0.05) is 44.2 Å². The molecular weight excluding hydrogens is 214 g/mol. The van der Waals surface area contributed by atoms with E-state index in [1.54, 1.807) is 7.11 Å².